The maximum absolute atomic E-state index is 14.1. The molecule has 10 nitrogen and oxygen atoms in total. The highest BCUT2D eigenvalue weighted by Gasteiger charge is 2.38. The highest BCUT2D eigenvalue weighted by atomic mass is 19.4. The van der Waals surface area contributed by atoms with Crippen molar-refractivity contribution in [3.05, 3.63) is 64.0 Å². The zero-order valence-electron chi connectivity index (χ0n) is 19.0. The van der Waals surface area contributed by atoms with E-state index in [1.54, 1.807) is 37.4 Å². The SMILES string of the molecule is COc1cc(Nc2ncc(C)c(Nc3ccc4oc(=O)[nH]c4c3)n2)cc(F)c1C.O=C(O)C(F)(F)F. The first-order valence-corrected chi connectivity index (χ1v) is 10.0. The van der Waals surface area contributed by atoms with Gasteiger partial charge in [0.15, 0.2) is 5.58 Å². The van der Waals surface area contributed by atoms with Crippen LogP contribution in [0.1, 0.15) is 11.1 Å². The Kier molecular flexibility index (Phi) is 7.46. The van der Waals surface area contributed by atoms with Crippen molar-refractivity contribution in [2.75, 3.05) is 17.7 Å². The number of methoxy groups -OCH3 is 1. The first-order chi connectivity index (χ1) is 16.9. The van der Waals surface area contributed by atoms with E-state index in [4.69, 9.17) is 19.1 Å². The molecule has 36 heavy (non-hydrogen) atoms. The topological polar surface area (TPSA) is 142 Å². The second-order valence-electron chi connectivity index (χ2n) is 7.29. The number of benzene rings is 2. The number of rotatable bonds is 5. The van der Waals surface area contributed by atoms with E-state index >= 15 is 0 Å². The molecule has 0 aliphatic heterocycles. The minimum Gasteiger partial charge on any atom is -0.496 e. The molecule has 2 heterocycles. The molecule has 0 aliphatic carbocycles. The smallest absolute Gasteiger partial charge is 0.490 e. The Morgan fingerprint density at radius 1 is 1.14 bits per heavy atom. The van der Waals surface area contributed by atoms with Gasteiger partial charge in [0.25, 0.3) is 0 Å². The van der Waals surface area contributed by atoms with Crippen LogP contribution in [0.5, 0.6) is 5.75 Å². The summed E-state index contributed by atoms with van der Waals surface area (Å²) in [5.74, 6) is -2.37. The quantitative estimate of drug-likeness (QED) is 0.279. The number of oxazole rings is 1. The van der Waals surface area contributed by atoms with E-state index in [0.717, 1.165) is 5.56 Å². The normalized spacial score (nSPS) is 11.0. The Hall–Kier alpha value is -4.62. The third-order valence-electron chi connectivity index (χ3n) is 4.67. The zero-order chi connectivity index (χ0) is 26.6. The Bertz CT molecular complexity index is 1470. The fourth-order valence-electron chi connectivity index (χ4n) is 2.86. The predicted molar refractivity (Wildman–Crippen MR) is 122 cm³/mol. The van der Waals surface area contributed by atoms with E-state index < -0.39 is 17.9 Å². The zero-order valence-corrected chi connectivity index (χ0v) is 19.0. The molecule has 4 aromatic rings. The number of carboxylic acids is 1. The molecule has 0 spiro atoms. The van der Waals surface area contributed by atoms with Gasteiger partial charge >= 0.3 is 17.9 Å². The van der Waals surface area contributed by atoms with Crippen LogP contribution in [0.2, 0.25) is 0 Å². The number of aliphatic carboxylic acids is 1. The molecule has 0 atom stereocenters. The minimum atomic E-state index is -5.08. The number of ether oxygens (including phenoxy) is 1. The van der Waals surface area contributed by atoms with Crippen molar-refractivity contribution in [1.29, 1.82) is 0 Å². The number of nitrogens with one attached hydrogen (secondary N) is 3. The summed E-state index contributed by atoms with van der Waals surface area (Å²) in [4.78, 5) is 31.5. The number of alkyl halides is 3. The van der Waals surface area contributed by atoms with E-state index in [1.165, 1.54) is 13.2 Å². The van der Waals surface area contributed by atoms with Gasteiger partial charge in [-0.1, -0.05) is 0 Å². The lowest BCUT2D eigenvalue weighted by atomic mass is 10.2. The molecule has 4 N–H and O–H groups in total. The van der Waals surface area contributed by atoms with Crippen LogP contribution in [0.15, 0.2) is 45.7 Å². The van der Waals surface area contributed by atoms with Crippen molar-refractivity contribution >= 4 is 40.2 Å². The van der Waals surface area contributed by atoms with Crippen LogP contribution in [-0.2, 0) is 4.79 Å². The van der Waals surface area contributed by atoms with E-state index in [-0.39, 0.29) is 5.82 Å². The number of hydrogen-bond acceptors (Lipinski definition) is 8. The van der Waals surface area contributed by atoms with Crippen molar-refractivity contribution in [2.24, 2.45) is 0 Å². The minimum absolute atomic E-state index is 0.293. The number of aromatic amines is 1. The average Bonchev–Trinajstić information content (AvgIpc) is 3.17. The predicted octanol–water partition coefficient (Wildman–Crippen LogP) is 4.80. The van der Waals surface area contributed by atoms with Crippen molar-refractivity contribution in [3.8, 4) is 5.75 Å². The number of fused-ring (bicyclic) bond motifs is 1. The highest BCUT2D eigenvalue weighted by molar-refractivity contribution is 5.78. The number of carbonyl (C=O) groups is 1. The van der Waals surface area contributed by atoms with Gasteiger partial charge in [-0.3, -0.25) is 4.98 Å². The number of H-pyrrole nitrogens is 1. The van der Waals surface area contributed by atoms with Crippen LogP contribution in [0.4, 0.5) is 40.7 Å². The molecule has 0 radical (unpaired) electrons. The van der Waals surface area contributed by atoms with Gasteiger partial charge < -0.3 is 24.9 Å². The molecule has 0 saturated heterocycles. The summed E-state index contributed by atoms with van der Waals surface area (Å²) in [5.41, 5.74) is 3.47. The molecule has 0 bridgehead atoms. The standard InChI is InChI=1S/C20H18FN5O3.C2HF3O2/c1-10-9-22-19(24-13-6-14(21)11(2)17(8-13)28-3)26-18(10)23-12-4-5-16-15(7-12)25-20(27)29-16;3-2(4,5)1(6)7/h4-9H,1-3H3,(H,25,27)(H2,22,23,24,26);(H,6,7). The lowest BCUT2D eigenvalue weighted by molar-refractivity contribution is -0.192. The summed E-state index contributed by atoms with van der Waals surface area (Å²) in [7, 11) is 1.49. The third kappa shape index (κ3) is 6.28. The largest absolute Gasteiger partial charge is 0.496 e. The van der Waals surface area contributed by atoms with Crippen LogP contribution in [0.25, 0.3) is 11.1 Å². The van der Waals surface area contributed by atoms with Gasteiger partial charge in [-0.15, -0.1) is 0 Å². The monoisotopic (exact) mass is 509 g/mol. The Morgan fingerprint density at radius 2 is 1.83 bits per heavy atom. The van der Waals surface area contributed by atoms with Gasteiger partial charge in [-0.25, -0.2) is 19.0 Å². The van der Waals surface area contributed by atoms with Crippen LogP contribution >= 0.6 is 0 Å². The summed E-state index contributed by atoms with van der Waals surface area (Å²) in [6.45, 7) is 3.51. The number of carboxylic acid groups (broad SMARTS) is 1. The van der Waals surface area contributed by atoms with Gasteiger partial charge in [0.1, 0.15) is 17.4 Å². The third-order valence-corrected chi connectivity index (χ3v) is 4.67. The van der Waals surface area contributed by atoms with Crippen molar-refractivity contribution in [1.82, 2.24) is 15.0 Å². The average molecular weight is 509 g/mol. The van der Waals surface area contributed by atoms with Gasteiger partial charge in [0.2, 0.25) is 5.95 Å². The van der Waals surface area contributed by atoms with Crippen molar-refractivity contribution in [2.45, 2.75) is 20.0 Å². The summed E-state index contributed by atoms with van der Waals surface area (Å²) in [5, 5.41) is 13.3. The van der Waals surface area contributed by atoms with E-state index in [0.29, 0.717) is 45.6 Å². The lowest BCUT2D eigenvalue weighted by Gasteiger charge is -2.13. The molecular weight excluding hydrogens is 490 g/mol. The van der Waals surface area contributed by atoms with Crippen LogP contribution in [-0.4, -0.2) is 39.3 Å². The molecule has 0 unspecified atom stereocenters. The van der Waals surface area contributed by atoms with Gasteiger partial charge in [-0.2, -0.15) is 18.2 Å². The number of aryl methyl sites for hydroxylation is 1. The second kappa shape index (κ2) is 10.3. The van der Waals surface area contributed by atoms with E-state index in [1.807, 2.05) is 6.92 Å². The Morgan fingerprint density at radius 3 is 2.47 bits per heavy atom. The summed E-state index contributed by atoms with van der Waals surface area (Å²) in [6.07, 6.45) is -3.43. The Balaban J connectivity index is 0.000000454. The number of hydrogen-bond donors (Lipinski definition) is 4. The van der Waals surface area contributed by atoms with Crippen molar-refractivity contribution in [3.63, 3.8) is 0 Å². The van der Waals surface area contributed by atoms with Gasteiger partial charge in [-0.05, 0) is 38.1 Å². The highest BCUT2D eigenvalue weighted by Crippen LogP contribution is 2.28. The fourth-order valence-corrected chi connectivity index (χ4v) is 2.86. The summed E-state index contributed by atoms with van der Waals surface area (Å²) < 4.78 is 56.0. The van der Waals surface area contributed by atoms with Gasteiger partial charge in [0.05, 0.1) is 12.6 Å². The number of halogens is 4. The fraction of sp³-hybridized carbons (Fsp3) is 0.182. The number of nitrogens with zero attached hydrogens (tertiary/aromatic N) is 2. The number of anilines is 4. The molecule has 190 valence electrons. The molecule has 2 aromatic carbocycles. The maximum atomic E-state index is 14.1. The number of aromatic nitrogens is 3. The first kappa shape index (κ1) is 26.0. The molecule has 2 aromatic heterocycles. The van der Waals surface area contributed by atoms with Crippen LogP contribution < -0.4 is 21.1 Å². The molecule has 0 fully saturated rings. The molecule has 0 saturated carbocycles. The van der Waals surface area contributed by atoms with E-state index in [9.17, 15) is 22.4 Å². The van der Waals surface area contributed by atoms with E-state index in [2.05, 4.69) is 25.6 Å². The maximum Gasteiger partial charge on any atom is 0.490 e. The second-order valence-corrected chi connectivity index (χ2v) is 7.29. The molecule has 4 rings (SSSR count). The van der Waals surface area contributed by atoms with Crippen LogP contribution in [0.3, 0.4) is 0 Å². The molecule has 14 heteroatoms. The van der Waals surface area contributed by atoms with Gasteiger partial charge in [0, 0.05) is 34.8 Å². The summed E-state index contributed by atoms with van der Waals surface area (Å²) >= 11 is 0. The van der Waals surface area contributed by atoms with Crippen molar-refractivity contribution < 1.29 is 36.6 Å². The molecular formula is C22H19F4N5O5. The molecule has 0 aliphatic rings. The molecule has 0 amide bonds. The first-order valence-electron chi connectivity index (χ1n) is 10.0. The van der Waals surface area contributed by atoms with Crippen LogP contribution in [0, 0.1) is 19.7 Å². The summed E-state index contributed by atoms with van der Waals surface area (Å²) in [6, 6.07) is 8.24. The lowest BCUT2D eigenvalue weighted by Crippen LogP contribution is -2.21. The Labute approximate surface area is 200 Å².